The SMILES string of the molecule is C=C(Oc1c(C)cccc1Cl)/C(=C\C(=C/C)NO)c1cn(C)c(=O)c2[nH]ccc12. The van der Waals surface area contributed by atoms with Crippen LogP contribution in [0.25, 0.3) is 16.5 Å². The Hall–Kier alpha value is -3.22. The molecule has 0 unspecified atom stereocenters. The van der Waals surface area contributed by atoms with Gasteiger partial charge in [0.05, 0.1) is 10.7 Å². The fourth-order valence-electron chi connectivity index (χ4n) is 3.05. The number of para-hydroxylation sites is 1. The molecule has 150 valence electrons. The first-order valence-corrected chi connectivity index (χ1v) is 9.32. The Morgan fingerprint density at radius 3 is 2.79 bits per heavy atom. The molecule has 0 aliphatic carbocycles. The fraction of sp³-hybridized carbons (Fsp3) is 0.136. The summed E-state index contributed by atoms with van der Waals surface area (Å²) in [6.45, 7) is 7.76. The summed E-state index contributed by atoms with van der Waals surface area (Å²) in [5, 5.41) is 10.6. The monoisotopic (exact) mass is 411 g/mol. The number of halogens is 1. The number of benzene rings is 1. The van der Waals surface area contributed by atoms with E-state index in [1.807, 2.05) is 25.1 Å². The Kier molecular flexibility index (Phi) is 5.96. The topological polar surface area (TPSA) is 79.3 Å². The lowest BCUT2D eigenvalue weighted by atomic mass is 10.0. The summed E-state index contributed by atoms with van der Waals surface area (Å²) >= 11 is 6.31. The van der Waals surface area contributed by atoms with Crippen molar-refractivity contribution in [3.63, 3.8) is 0 Å². The van der Waals surface area contributed by atoms with Crippen molar-refractivity contribution >= 4 is 28.1 Å². The van der Waals surface area contributed by atoms with Crippen LogP contribution in [0, 0.1) is 6.92 Å². The molecule has 3 aromatic rings. The molecule has 3 N–H and O–H groups in total. The van der Waals surface area contributed by atoms with Crippen molar-refractivity contribution in [1.29, 1.82) is 0 Å². The van der Waals surface area contributed by atoms with E-state index in [4.69, 9.17) is 16.3 Å². The largest absolute Gasteiger partial charge is 0.455 e. The smallest absolute Gasteiger partial charge is 0.274 e. The van der Waals surface area contributed by atoms with E-state index >= 15 is 0 Å². The third kappa shape index (κ3) is 3.99. The van der Waals surface area contributed by atoms with Gasteiger partial charge in [-0.3, -0.25) is 15.5 Å². The maximum atomic E-state index is 12.4. The first kappa shape index (κ1) is 20.5. The first-order chi connectivity index (χ1) is 13.9. The molecule has 0 saturated carbocycles. The molecule has 2 heterocycles. The minimum Gasteiger partial charge on any atom is -0.455 e. The average molecular weight is 412 g/mol. The number of fused-ring (bicyclic) bond motifs is 1. The molecule has 0 spiro atoms. The summed E-state index contributed by atoms with van der Waals surface area (Å²) in [4.78, 5) is 15.4. The van der Waals surface area contributed by atoms with Gasteiger partial charge in [-0.15, -0.1) is 0 Å². The van der Waals surface area contributed by atoms with Crippen molar-refractivity contribution in [2.24, 2.45) is 7.05 Å². The van der Waals surface area contributed by atoms with Crippen molar-refractivity contribution < 1.29 is 9.94 Å². The Morgan fingerprint density at radius 2 is 2.14 bits per heavy atom. The number of allylic oxidation sites excluding steroid dienone is 3. The molecule has 3 rings (SSSR count). The number of ether oxygens (including phenoxy) is 1. The predicted molar refractivity (Wildman–Crippen MR) is 116 cm³/mol. The van der Waals surface area contributed by atoms with Gasteiger partial charge in [-0.25, -0.2) is 0 Å². The average Bonchev–Trinajstić information content (AvgIpc) is 3.19. The van der Waals surface area contributed by atoms with E-state index in [-0.39, 0.29) is 5.56 Å². The number of aryl methyl sites for hydroxylation is 2. The second-order valence-electron chi connectivity index (χ2n) is 6.55. The lowest BCUT2D eigenvalue weighted by Crippen LogP contribution is -2.18. The molecule has 0 radical (unpaired) electrons. The van der Waals surface area contributed by atoms with E-state index in [2.05, 4.69) is 17.0 Å². The Bertz CT molecular complexity index is 1180. The van der Waals surface area contributed by atoms with Gasteiger partial charge >= 0.3 is 0 Å². The van der Waals surface area contributed by atoms with Gasteiger partial charge in [-0.1, -0.05) is 36.4 Å². The molecule has 1 aromatic carbocycles. The molecule has 0 aliphatic rings. The van der Waals surface area contributed by atoms with Crippen LogP contribution in [0.3, 0.4) is 0 Å². The predicted octanol–water partition coefficient (Wildman–Crippen LogP) is 4.69. The van der Waals surface area contributed by atoms with E-state index in [9.17, 15) is 10.0 Å². The molecule has 2 aromatic heterocycles. The second kappa shape index (κ2) is 8.43. The van der Waals surface area contributed by atoms with Crippen molar-refractivity contribution in [1.82, 2.24) is 15.0 Å². The van der Waals surface area contributed by atoms with E-state index in [0.717, 1.165) is 5.56 Å². The Balaban J connectivity index is 2.20. The maximum absolute atomic E-state index is 12.4. The van der Waals surface area contributed by atoms with Gasteiger partial charge in [0.2, 0.25) is 0 Å². The number of aromatic nitrogens is 2. The van der Waals surface area contributed by atoms with Crippen LogP contribution < -0.4 is 15.8 Å². The summed E-state index contributed by atoms with van der Waals surface area (Å²) in [6.07, 6.45) is 6.81. The van der Waals surface area contributed by atoms with Crippen LogP contribution in [0.1, 0.15) is 18.1 Å². The summed E-state index contributed by atoms with van der Waals surface area (Å²) in [5.41, 5.74) is 5.07. The minimum atomic E-state index is -0.145. The summed E-state index contributed by atoms with van der Waals surface area (Å²) in [5.74, 6) is 0.816. The van der Waals surface area contributed by atoms with E-state index < -0.39 is 0 Å². The quantitative estimate of drug-likeness (QED) is 0.312. The summed E-state index contributed by atoms with van der Waals surface area (Å²) in [6, 6.07) is 7.29. The molecule has 29 heavy (non-hydrogen) atoms. The molecule has 0 fully saturated rings. The number of hydroxylamine groups is 1. The van der Waals surface area contributed by atoms with E-state index in [0.29, 0.717) is 44.3 Å². The Morgan fingerprint density at radius 1 is 1.38 bits per heavy atom. The number of nitrogens with zero attached hydrogens (tertiary/aromatic N) is 1. The molecule has 6 nitrogen and oxygen atoms in total. The van der Waals surface area contributed by atoms with Gasteiger partial charge < -0.3 is 14.3 Å². The van der Waals surface area contributed by atoms with Crippen LogP contribution in [0.15, 0.2) is 71.6 Å². The van der Waals surface area contributed by atoms with Crippen LogP contribution in [-0.4, -0.2) is 14.8 Å². The summed E-state index contributed by atoms with van der Waals surface area (Å²) < 4.78 is 7.53. The highest BCUT2D eigenvalue weighted by atomic mass is 35.5. The van der Waals surface area contributed by atoms with Gasteiger partial charge in [-0.05, 0) is 37.6 Å². The third-order valence-corrected chi connectivity index (χ3v) is 4.91. The van der Waals surface area contributed by atoms with Gasteiger partial charge in [0.25, 0.3) is 5.56 Å². The van der Waals surface area contributed by atoms with Crippen LogP contribution >= 0.6 is 11.6 Å². The first-order valence-electron chi connectivity index (χ1n) is 8.94. The number of hydrogen-bond acceptors (Lipinski definition) is 4. The molecular weight excluding hydrogens is 390 g/mol. The summed E-state index contributed by atoms with van der Waals surface area (Å²) in [7, 11) is 1.67. The van der Waals surface area contributed by atoms with Crippen LogP contribution in [0.2, 0.25) is 5.02 Å². The molecular formula is C22H22ClN3O3. The molecule has 0 amide bonds. The van der Waals surface area contributed by atoms with Crippen molar-refractivity contribution in [3.05, 3.63) is 93.3 Å². The van der Waals surface area contributed by atoms with E-state index in [1.165, 1.54) is 4.57 Å². The minimum absolute atomic E-state index is 0.145. The molecule has 0 saturated heterocycles. The standard InChI is InChI=1S/C22H22ClN3O3/c1-5-15(25-28)11-17(14(3)29-21-13(2)7-6-8-19(21)23)18-12-26(4)22(27)20-16(18)9-10-24-20/h5-12,24-25,28H,3H2,1-2,4H3/b15-5+,17-11+. The third-order valence-electron chi connectivity index (χ3n) is 4.61. The van der Waals surface area contributed by atoms with Crippen molar-refractivity contribution in [2.45, 2.75) is 13.8 Å². The van der Waals surface area contributed by atoms with E-state index in [1.54, 1.807) is 44.6 Å². The van der Waals surface area contributed by atoms with Gasteiger partial charge in [0, 0.05) is 36.0 Å². The van der Waals surface area contributed by atoms with Gasteiger partial charge in [0.15, 0.2) is 0 Å². The molecule has 0 aliphatic heterocycles. The lowest BCUT2D eigenvalue weighted by molar-refractivity contribution is 0.204. The number of aromatic amines is 1. The second-order valence-corrected chi connectivity index (χ2v) is 6.96. The van der Waals surface area contributed by atoms with Gasteiger partial charge in [0.1, 0.15) is 17.0 Å². The normalized spacial score (nSPS) is 12.3. The van der Waals surface area contributed by atoms with Crippen LogP contribution in [0.4, 0.5) is 0 Å². The molecule has 0 atom stereocenters. The highest BCUT2D eigenvalue weighted by molar-refractivity contribution is 6.32. The number of H-pyrrole nitrogens is 1. The number of nitrogens with one attached hydrogen (secondary N) is 2. The van der Waals surface area contributed by atoms with Crippen LogP contribution in [0.5, 0.6) is 5.75 Å². The highest BCUT2D eigenvalue weighted by Crippen LogP contribution is 2.34. The number of hydrogen-bond donors (Lipinski definition) is 3. The number of pyridine rings is 1. The van der Waals surface area contributed by atoms with Crippen LogP contribution in [-0.2, 0) is 7.05 Å². The van der Waals surface area contributed by atoms with Crippen molar-refractivity contribution in [3.8, 4) is 5.75 Å². The zero-order valence-electron chi connectivity index (χ0n) is 16.4. The lowest BCUT2D eigenvalue weighted by Gasteiger charge is -2.17. The maximum Gasteiger partial charge on any atom is 0.274 e. The zero-order valence-corrected chi connectivity index (χ0v) is 17.2. The highest BCUT2D eigenvalue weighted by Gasteiger charge is 2.18. The molecule has 0 bridgehead atoms. The zero-order chi connectivity index (χ0) is 21.1. The number of rotatable bonds is 6. The van der Waals surface area contributed by atoms with Crippen molar-refractivity contribution in [2.75, 3.05) is 0 Å². The molecule has 7 heteroatoms. The Labute approximate surface area is 173 Å². The fourth-order valence-corrected chi connectivity index (χ4v) is 3.31. The van der Waals surface area contributed by atoms with Gasteiger partial charge in [-0.2, -0.15) is 0 Å².